The van der Waals surface area contributed by atoms with Crippen LogP contribution in [0, 0.1) is 0 Å². The van der Waals surface area contributed by atoms with E-state index in [4.69, 9.17) is 10.5 Å². The maximum Gasteiger partial charge on any atom is 0.309 e. The van der Waals surface area contributed by atoms with Gasteiger partial charge in [0, 0.05) is 18.1 Å². The number of hydrogen-bond acceptors (Lipinski definition) is 10. The van der Waals surface area contributed by atoms with Gasteiger partial charge in [0.15, 0.2) is 17.5 Å². The van der Waals surface area contributed by atoms with Crippen LogP contribution < -0.4 is 10.5 Å². The number of imidazole rings is 1. The average Bonchev–Trinajstić information content (AvgIpc) is 3.50. The first-order chi connectivity index (χ1) is 18.4. The summed E-state index contributed by atoms with van der Waals surface area (Å²) in [7, 11) is -4.11. The molecule has 6 atom stereocenters. The summed E-state index contributed by atoms with van der Waals surface area (Å²) < 4.78 is 63.7. The van der Waals surface area contributed by atoms with E-state index in [0.717, 1.165) is 11.5 Å². The van der Waals surface area contributed by atoms with Crippen molar-refractivity contribution in [2.24, 2.45) is 0 Å². The first-order valence-corrected chi connectivity index (χ1v) is 13.5. The number of nitrogens with one attached hydrogen (secondary N) is 1. The van der Waals surface area contributed by atoms with Crippen molar-refractivity contribution in [3.63, 3.8) is 0 Å². The molecular weight excluding hydrogens is 540 g/mol. The van der Waals surface area contributed by atoms with Gasteiger partial charge in [0.25, 0.3) is 0 Å². The van der Waals surface area contributed by atoms with Gasteiger partial charge in [-0.1, -0.05) is 30.3 Å². The van der Waals surface area contributed by atoms with E-state index in [0.29, 0.717) is 16.9 Å². The molecule has 210 valence electrons. The number of alkyl halides is 2. The van der Waals surface area contributed by atoms with Crippen LogP contribution >= 0.6 is 0 Å². The predicted molar refractivity (Wildman–Crippen MR) is 133 cm³/mol. The number of rotatable bonds is 8. The van der Waals surface area contributed by atoms with E-state index in [1.807, 2.05) is 0 Å². The number of benzene rings is 1. The number of ether oxygens (including phenoxy) is 1. The zero-order valence-corrected chi connectivity index (χ0v) is 21.1. The van der Waals surface area contributed by atoms with Gasteiger partial charge in [-0.2, -0.15) is 8.78 Å². The second kappa shape index (κ2) is 9.85. The third-order valence-corrected chi connectivity index (χ3v) is 8.25. The molecule has 5 rings (SSSR count). The van der Waals surface area contributed by atoms with Gasteiger partial charge in [-0.3, -0.25) is 4.57 Å². The molecule has 1 aliphatic heterocycles. The smallest absolute Gasteiger partial charge is 0.309 e. The minimum absolute atomic E-state index is 0.0816. The molecule has 0 saturated carbocycles. The minimum atomic E-state index is -4.11. The molecular formula is C24H27F2N5O7S. The van der Waals surface area contributed by atoms with Gasteiger partial charge in [0.1, 0.15) is 29.9 Å². The van der Waals surface area contributed by atoms with Gasteiger partial charge in [-0.25, -0.2) is 23.1 Å². The number of halogens is 2. The Kier molecular flexibility index (Phi) is 6.95. The number of hydrogen-bond donors (Lipinski definition) is 6. The molecule has 0 spiro atoms. The Bertz CT molecular complexity index is 1520. The quantitative estimate of drug-likeness (QED) is 0.222. The van der Waals surface area contributed by atoms with Gasteiger partial charge in [0.05, 0.1) is 12.0 Å². The predicted octanol–water partition coefficient (Wildman–Crippen LogP) is 0.416. The summed E-state index contributed by atoms with van der Waals surface area (Å²) in [6.45, 7) is -0.412. The molecule has 1 aliphatic carbocycles. The SMILES string of the molecule is Nc1ccnc2c1ncn2[C@@H]1O[C@H](CNS(=O)(=O)/C=C/CCC2(O)c3ccccc3C(O)C2(F)F)[C@@H](O)[C@H]1O. The van der Waals surface area contributed by atoms with Crippen molar-refractivity contribution in [2.45, 2.75) is 55.0 Å². The van der Waals surface area contributed by atoms with Crippen molar-refractivity contribution in [3.05, 3.63) is 65.5 Å². The number of fused-ring (bicyclic) bond motifs is 2. The maximum absolute atomic E-state index is 14.7. The van der Waals surface area contributed by atoms with E-state index in [1.165, 1.54) is 41.4 Å². The fourth-order valence-electron chi connectivity index (χ4n) is 5.01. The molecule has 1 aromatic carbocycles. The topological polar surface area (TPSA) is 193 Å². The van der Waals surface area contributed by atoms with Crippen LogP contribution in [0.3, 0.4) is 0 Å². The van der Waals surface area contributed by atoms with E-state index < -0.39 is 65.2 Å². The van der Waals surface area contributed by atoms with E-state index >= 15 is 0 Å². The molecule has 3 heterocycles. The highest BCUT2D eigenvalue weighted by Crippen LogP contribution is 2.56. The van der Waals surface area contributed by atoms with Gasteiger partial charge < -0.3 is 30.9 Å². The zero-order chi connectivity index (χ0) is 28.2. The van der Waals surface area contributed by atoms with E-state index in [1.54, 1.807) is 6.07 Å². The second-order valence-electron chi connectivity index (χ2n) is 9.55. The normalized spacial score (nSPS) is 30.4. The number of pyridine rings is 1. The molecule has 15 heteroatoms. The van der Waals surface area contributed by atoms with Gasteiger partial charge in [0.2, 0.25) is 10.0 Å². The lowest BCUT2D eigenvalue weighted by Crippen LogP contribution is -2.43. The summed E-state index contributed by atoms with van der Waals surface area (Å²) in [5.41, 5.74) is 4.04. The van der Waals surface area contributed by atoms with Crippen molar-refractivity contribution in [1.29, 1.82) is 0 Å². The molecule has 3 aromatic rings. The Morgan fingerprint density at radius 2 is 1.90 bits per heavy atom. The van der Waals surface area contributed by atoms with Crippen LogP contribution in [0.5, 0.6) is 0 Å². The number of nitrogen functional groups attached to an aromatic ring is 1. The molecule has 0 radical (unpaired) electrons. The highest BCUT2D eigenvalue weighted by atomic mass is 32.2. The fourth-order valence-corrected chi connectivity index (χ4v) is 5.90. The summed E-state index contributed by atoms with van der Waals surface area (Å²) in [4.78, 5) is 8.30. The lowest BCUT2D eigenvalue weighted by atomic mass is 9.88. The first-order valence-electron chi connectivity index (χ1n) is 12.0. The van der Waals surface area contributed by atoms with Crippen LogP contribution in [0.1, 0.15) is 36.3 Å². The zero-order valence-electron chi connectivity index (χ0n) is 20.3. The van der Waals surface area contributed by atoms with Crippen molar-refractivity contribution in [1.82, 2.24) is 19.3 Å². The Morgan fingerprint density at radius 1 is 1.15 bits per heavy atom. The first kappa shape index (κ1) is 27.5. The van der Waals surface area contributed by atoms with Crippen LogP contribution in [0.15, 0.2) is 54.3 Å². The van der Waals surface area contributed by atoms with Gasteiger partial charge in [-0.15, -0.1) is 0 Å². The fraction of sp³-hybridized carbons (Fsp3) is 0.417. The lowest BCUT2D eigenvalue weighted by molar-refractivity contribution is -0.225. The number of aliphatic hydroxyl groups excluding tert-OH is 3. The number of anilines is 1. The second-order valence-corrected chi connectivity index (χ2v) is 11.2. The largest absolute Gasteiger partial charge is 0.397 e. The standard InChI is InChI=1S/C24H27F2N5O7S/c25-24(26)20(34)13-5-1-2-6-14(13)23(24,35)8-3-4-10-39(36,37)30-11-16-18(32)19(33)22(38-16)31-12-29-17-15(27)7-9-28-21(17)31/h1-2,4-7,9-10,12,16,18-20,22,30,32-35H,3,8,11H2,(H2,27,28)/b10-4+/t16-,18-,19-,20?,22-,23?/m1/s1. The highest BCUT2D eigenvalue weighted by molar-refractivity contribution is 7.92. The summed E-state index contributed by atoms with van der Waals surface area (Å²) in [6.07, 6.45) is -4.23. The van der Waals surface area contributed by atoms with E-state index in [2.05, 4.69) is 14.7 Å². The number of aliphatic hydroxyl groups is 4. The Morgan fingerprint density at radius 3 is 2.67 bits per heavy atom. The average molecular weight is 568 g/mol. The molecule has 2 aromatic heterocycles. The number of nitrogens with two attached hydrogens (primary N) is 1. The molecule has 0 bridgehead atoms. The molecule has 1 saturated heterocycles. The van der Waals surface area contributed by atoms with Gasteiger partial charge >= 0.3 is 5.92 Å². The molecule has 0 amide bonds. The van der Waals surface area contributed by atoms with Crippen molar-refractivity contribution in [3.8, 4) is 0 Å². The molecule has 2 aliphatic rings. The Balaban J connectivity index is 1.21. The third-order valence-electron chi connectivity index (χ3n) is 7.13. The molecule has 2 unspecified atom stereocenters. The van der Waals surface area contributed by atoms with Crippen LogP contribution in [0.2, 0.25) is 0 Å². The number of aromatic nitrogens is 3. The van der Waals surface area contributed by atoms with E-state index in [-0.39, 0.29) is 17.5 Å². The van der Waals surface area contributed by atoms with Crippen LogP contribution in [-0.2, 0) is 20.4 Å². The molecule has 12 nitrogen and oxygen atoms in total. The Labute approximate surface area is 221 Å². The number of nitrogens with zero attached hydrogens (tertiary/aromatic N) is 3. The number of allylic oxidation sites excluding steroid dienone is 1. The van der Waals surface area contributed by atoms with Crippen molar-refractivity contribution >= 4 is 26.9 Å². The molecule has 39 heavy (non-hydrogen) atoms. The van der Waals surface area contributed by atoms with Crippen molar-refractivity contribution in [2.75, 3.05) is 12.3 Å². The number of sulfonamides is 1. The Hall–Kier alpha value is -3.05. The molecule has 1 fully saturated rings. The van der Waals surface area contributed by atoms with Crippen molar-refractivity contribution < 1.29 is 42.4 Å². The lowest BCUT2D eigenvalue weighted by Gasteiger charge is -2.31. The monoisotopic (exact) mass is 567 g/mol. The van der Waals surface area contributed by atoms with Crippen LogP contribution in [0.4, 0.5) is 14.5 Å². The van der Waals surface area contributed by atoms with Crippen LogP contribution in [0.25, 0.3) is 11.2 Å². The summed E-state index contributed by atoms with van der Waals surface area (Å²) in [6, 6.07) is 7.09. The van der Waals surface area contributed by atoms with E-state index in [9.17, 15) is 37.6 Å². The summed E-state index contributed by atoms with van der Waals surface area (Å²) in [5.74, 6) is -3.86. The van der Waals surface area contributed by atoms with Gasteiger partial charge in [-0.05, 0) is 30.0 Å². The summed E-state index contributed by atoms with van der Waals surface area (Å²) >= 11 is 0. The maximum atomic E-state index is 14.7. The molecule has 7 N–H and O–H groups in total. The third kappa shape index (κ3) is 4.59. The minimum Gasteiger partial charge on any atom is -0.397 e. The highest BCUT2D eigenvalue weighted by Gasteiger charge is 2.64. The van der Waals surface area contributed by atoms with Crippen LogP contribution in [-0.4, -0.2) is 74.2 Å². The summed E-state index contributed by atoms with van der Waals surface area (Å²) in [5, 5.41) is 42.5.